The van der Waals surface area contributed by atoms with Crippen LogP contribution in [0.4, 0.5) is 11.5 Å². The van der Waals surface area contributed by atoms with Crippen molar-refractivity contribution in [2.45, 2.75) is 33.9 Å². The summed E-state index contributed by atoms with van der Waals surface area (Å²) >= 11 is 21.4. The molecular weight excluding hydrogens is 555 g/mol. The summed E-state index contributed by atoms with van der Waals surface area (Å²) in [5, 5.41) is 17.4. The first-order valence-corrected chi connectivity index (χ1v) is 12.5. The van der Waals surface area contributed by atoms with Crippen LogP contribution >= 0.6 is 51.3 Å². The molecule has 4 rings (SSSR count). The van der Waals surface area contributed by atoms with Gasteiger partial charge in [-0.25, -0.2) is 0 Å². The zero-order chi connectivity index (χ0) is 24.4. The summed E-state index contributed by atoms with van der Waals surface area (Å²) in [7, 11) is 0. The Hall–Kier alpha value is -2.39. The lowest BCUT2D eigenvalue weighted by Gasteiger charge is -2.11. The van der Waals surface area contributed by atoms with Crippen molar-refractivity contribution in [3.05, 3.63) is 91.3 Å². The maximum absolute atomic E-state index is 6.30. The Kier molecular flexibility index (Phi) is 7.62. The molecule has 2 N–H and O–H groups in total. The first-order chi connectivity index (χ1) is 16.2. The third-order valence-corrected chi connectivity index (χ3v) is 6.87. The number of anilines is 2. The number of aromatic nitrogens is 4. The molecule has 0 saturated heterocycles. The zero-order valence-electron chi connectivity index (χ0n) is 18.9. The van der Waals surface area contributed by atoms with Gasteiger partial charge in [0.05, 0.1) is 34.6 Å². The third-order valence-electron chi connectivity index (χ3n) is 5.50. The van der Waals surface area contributed by atoms with Crippen LogP contribution in [0.3, 0.4) is 0 Å². The van der Waals surface area contributed by atoms with Crippen LogP contribution in [-0.4, -0.2) is 24.7 Å². The van der Waals surface area contributed by atoms with E-state index in [-0.39, 0.29) is 0 Å². The van der Waals surface area contributed by atoms with E-state index in [1.54, 1.807) is 10.7 Å². The number of hydrogen-bond acceptors (Lipinski definition) is 3. The molecule has 0 unspecified atom stereocenters. The summed E-state index contributed by atoms with van der Waals surface area (Å²) in [5.74, 6) is 0.602. The minimum atomic E-state index is 0.428. The number of halogens is 3. The van der Waals surface area contributed by atoms with E-state index in [4.69, 9.17) is 40.5 Å². The Morgan fingerprint density at radius 1 is 1.00 bits per heavy atom. The predicted molar refractivity (Wildman–Crippen MR) is 147 cm³/mol. The lowest BCUT2D eigenvalue weighted by molar-refractivity contribution is 0.657. The maximum atomic E-state index is 6.30. The van der Waals surface area contributed by atoms with Gasteiger partial charge >= 0.3 is 0 Å². The normalized spacial score (nSPS) is 11.0. The number of thiocarbonyl (C=S) groups is 1. The molecule has 0 radical (unpaired) electrons. The predicted octanol–water partition coefficient (Wildman–Crippen LogP) is 6.98. The molecule has 176 valence electrons. The van der Waals surface area contributed by atoms with Gasteiger partial charge in [0.25, 0.3) is 0 Å². The number of aryl methyl sites for hydroxylation is 2. The molecule has 0 bridgehead atoms. The lowest BCUT2D eigenvalue weighted by Crippen LogP contribution is -2.20. The van der Waals surface area contributed by atoms with Crippen LogP contribution < -0.4 is 10.6 Å². The Morgan fingerprint density at radius 3 is 2.50 bits per heavy atom. The molecule has 0 saturated carbocycles. The van der Waals surface area contributed by atoms with E-state index in [2.05, 4.69) is 50.7 Å². The molecule has 0 aliphatic carbocycles. The molecule has 0 spiro atoms. The highest BCUT2D eigenvalue weighted by Gasteiger charge is 2.15. The van der Waals surface area contributed by atoms with Crippen LogP contribution in [0.15, 0.2) is 53.1 Å². The fourth-order valence-electron chi connectivity index (χ4n) is 3.62. The van der Waals surface area contributed by atoms with Crippen molar-refractivity contribution in [3.63, 3.8) is 0 Å². The SMILES string of the molecule is Cc1ccccc1Cn1nc(C)c(NC(=S)Nc2nn(Cc3ccc(Cl)cc3Cl)cc2Br)c1C. The van der Waals surface area contributed by atoms with Crippen molar-refractivity contribution < 1.29 is 0 Å². The molecule has 2 aromatic carbocycles. The molecule has 0 fully saturated rings. The molecule has 2 heterocycles. The van der Waals surface area contributed by atoms with Gasteiger partial charge in [-0.2, -0.15) is 10.2 Å². The van der Waals surface area contributed by atoms with E-state index in [1.807, 2.05) is 49.0 Å². The summed E-state index contributed by atoms with van der Waals surface area (Å²) < 4.78 is 4.55. The highest BCUT2D eigenvalue weighted by molar-refractivity contribution is 9.10. The van der Waals surface area contributed by atoms with Crippen molar-refractivity contribution in [3.8, 4) is 0 Å². The van der Waals surface area contributed by atoms with Gasteiger partial charge in [-0.1, -0.05) is 53.5 Å². The van der Waals surface area contributed by atoms with E-state index in [9.17, 15) is 0 Å². The van der Waals surface area contributed by atoms with Crippen LogP contribution in [0.1, 0.15) is 28.1 Å². The van der Waals surface area contributed by atoms with Gasteiger partial charge in [-0.05, 0) is 77.7 Å². The van der Waals surface area contributed by atoms with E-state index in [0.717, 1.165) is 27.1 Å². The molecule has 6 nitrogen and oxygen atoms in total. The number of nitrogens with zero attached hydrogens (tertiary/aromatic N) is 4. The van der Waals surface area contributed by atoms with Crippen molar-refractivity contribution >= 4 is 68.0 Å². The van der Waals surface area contributed by atoms with Gasteiger partial charge in [0, 0.05) is 16.2 Å². The largest absolute Gasteiger partial charge is 0.329 e. The monoisotopic (exact) mass is 576 g/mol. The zero-order valence-corrected chi connectivity index (χ0v) is 22.8. The fourth-order valence-corrected chi connectivity index (χ4v) is 4.70. The van der Waals surface area contributed by atoms with E-state index in [0.29, 0.717) is 34.1 Å². The van der Waals surface area contributed by atoms with Gasteiger partial charge in [-0.15, -0.1) is 0 Å². The molecule has 0 atom stereocenters. The van der Waals surface area contributed by atoms with Crippen LogP contribution in [0.2, 0.25) is 10.0 Å². The summed E-state index contributed by atoms with van der Waals surface area (Å²) in [4.78, 5) is 0. The summed E-state index contributed by atoms with van der Waals surface area (Å²) in [6.45, 7) is 7.30. The minimum Gasteiger partial charge on any atom is -0.329 e. The van der Waals surface area contributed by atoms with Gasteiger partial charge < -0.3 is 10.6 Å². The van der Waals surface area contributed by atoms with Gasteiger partial charge in [0.1, 0.15) is 0 Å². The summed E-state index contributed by atoms with van der Waals surface area (Å²) in [5.41, 5.74) is 6.15. The van der Waals surface area contributed by atoms with Crippen LogP contribution in [-0.2, 0) is 13.1 Å². The molecule has 10 heteroatoms. The number of benzene rings is 2. The Morgan fingerprint density at radius 2 is 1.76 bits per heavy atom. The summed E-state index contributed by atoms with van der Waals surface area (Å²) in [6, 6.07) is 13.7. The van der Waals surface area contributed by atoms with Crippen LogP contribution in [0.25, 0.3) is 0 Å². The third kappa shape index (κ3) is 5.63. The maximum Gasteiger partial charge on any atom is 0.176 e. The number of nitrogens with one attached hydrogen (secondary N) is 2. The Labute approximate surface area is 222 Å². The van der Waals surface area contributed by atoms with Gasteiger partial charge in [0.2, 0.25) is 0 Å². The standard InChI is InChI=1S/C24H23BrCl2N6S/c1-14-6-4-5-7-17(14)12-33-16(3)22(15(2)30-33)28-24(34)29-23-20(25)13-32(31-23)11-18-8-9-19(26)10-21(18)27/h4-10,13H,11-12H2,1-3H3,(H2,28,29,31,34). The first-order valence-electron chi connectivity index (χ1n) is 10.5. The molecule has 0 amide bonds. The smallest absolute Gasteiger partial charge is 0.176 e. The minimum absolute atomic E-state index is 0.428. The van der Waals surface area contributed by atoms with Crippen molar-refractivity contribution in [2.75, 3.05) is 10.6 Å². The second-order valence-electron chi connectivity index (χ2n) is 7.97. The average molecular weight is 578 g/mol. The molecular formula is C24H23BrCl2N6S. The van der Waals surface area contributed by atoms with Gasteiger partial charge in [-0.3, -0.25) is 9.36 Å². The quantitative estimate of drug-likeness (QED) is 0.242. The molecule has 34 heavy (non-hydrogen) atoms. The lowest BCUT2D eigenvalue weighted by atomic mass is 10.1. The second-order valence-corrected chi connectivity index (χ2v) is 10.1. The molecule has 2 aromatic heterocycles. The Bertz CT molecular complexity index is 1360. The van der Waals surface area contributed by atoms with Crippen molar-refractivity contribution in [1.82, 2.24) is 19.6 Å². The highest BCUT2D eigenvalue weighted by atomic mass is 79.9. The highest BCUT2D eigenvalue weighted by Crippen LogP contribution is 2.26. The van der Waals surface area contributed by atoms with E-state index in [1.165, 1.54) is 11.1 Å². The van der Waals surface area contributed by atoms with Crippen molar-refractivity contribution in [2.24, 2.45) is 0 Å². The molecule has 0 aliphatic heterocycles. The van der Waals surface area contributed by atoms with E-state index >= 15 is 0 Å². The Balaban J connectivity index is 1.45. The topological polar surface area (TPSA) is 59.7 Å². The number of hydrogen-bond donors (Lipinski definition) is 2. The van der Waals surface area contributed by atoms with Gasteiger partial charge in [0.15, 0.2) is 10.9 Å². The van der Waals surface area contributed by atoms with Crippen LogP contribution in [0, 0.1) is 20.8 Å². The van der Waals surface area contributed by atoms with E-state index < -0.39 is 0 Å². The second kappa shape index (κ2) is 10.5. The van der Waals surface area contributed by atoms with Crippen LogP contribution in [0.5, 0.6) is 0 Å². The summed E-state index contributed by atoms with van der Waals surface area (Å²) in [6.07, 6.45) is 1.87. The molecule has 0 aliphatic rings. The average Bonchev–Trinajstić information content (AvgIpc) is 3.25. The number of rotatable bonds is 6. The first kappa shape index (κ1) is 24.7. The van der Waals surface area contributed by atoms with Crippen molar-refractivity contribution in [1.29, 1.82) is 0 Å². The fraction of sp³-hybridized carbons (Fsp3) is 0.208. The molecule has 4 aromatic rings.